The minimum absolute atomic E-state index is 0.256. The summed E-state index contributed by atoms with van der Waals surface area (Å²) in [6.45, 7) is 4.25. The van der Waals surface area contributed by atoms with Crippen LogP contribution >= 0.6 is 0 Å². The Bertz CT molecular complexity index is 313. The number of hydrogen-bond acceptors (Lipinski definition) is 2. The van der Waals surface area contributed by atoms with E-state index in [1.165, 1.54) is 12.3 Å². The molecular formula is C11H15FN2. The quantitative estimate of drug-likeness (QED) is 0.741. The van der Waals surface area contributed by atoms with E-state index in [9.17, 15) is 4.39 Å². The Labute approximate surface area is 83.3 Å². The molecule has 0 aromatic carbocycles. The minimum atomic E-state index is -0.280. The molecule has 2 unspecified atom stereocenters. The number of nitrogens with zero attached hydrogens (tertiary/aromatic N) is 1. The topological polar surface area (TPSA) is 38.9 Å². The molecule has 2 atom stereocenters. The van der Waals surface area contributed by atoms with Crippen LogP contribution in [0.4, 0.5) is 4.39 Å². The van der Waals surface area contributed by atoms with Gasteiger partial charge in [-0.3, -0.25) is 4.98 Å². The predicted molar refractivity (Wildman–Crippen MR) is 53.2 cm³/mol. The molecule has 0 radical (unpaired) electrons. The highest BCUT2D eigenvalue weighted by molar-refractivity contribution is 5.19. The fourth-order valence-corrected chi connectivity index (χ4v) is 2.41. The minimum Gasteiger partial charge on any atom is -0.327 e. The average molecular weight is 194 g/mol. The molecule has 1 aliphatic carbocycles. The summed E-state index contributed by atoms with van der Waals surface area (Å²) >= 11 is 0. The Morgan fingerprint density at radius 2 is 1.93 bits per heavy atom. The fraction of sp³-hybridized carbons (Fsp3) is 0.545. The SMILES string of the molecule is CC1C(N)C(C)C1c1ccc(F)cn1. The lowest BCUT2D eigenvalue weighted by Gasteiger charge is -2.47. The lowest BCUT2D eigenvalue weighted by Crippen LogP contribution is -2.52. The van der Waals surface area contributed by atoms with E-state index < -0.39 is 0 Å². The highest BCUT2D eigenvalue weighted by Gasteiger charge is 2.44. The number of rotatable bonds is 1. The highest BCUT2D eigenvalue weighted by Crippen LogP contribution is 2.45. The summed E-state index contributed by atoms with van der Waals surface area (Å²) in [6.07, 6.45) is 1.28. The summed E-state index contributed by atoms with van der Waals surface area (Å²) in [6, 6.07) is 3.48. The van der Waals surface area contributed by atoms with Crippen LogP contribution in [0.5, 0.6) is 0 Å². The second-order valence-corrected chi connectivity index (χ2v) is 4.22. The summed E-state index contributed by atoms with van der Waals surface area (Å²) in [5.74, 6) is 1.01. The van der Waals surface area contributed by atoms with Gasteiger partial charge in [0.2, 0.25) is 0 Å². The van der Waals surface area contributed by atoms with E-state index in [1.807, 2.05) is 0 Å². The molecule has 0 amide bonds. The van der Waals surface area contributed by atoms with Crippen LogP contribution in [-0.4, -0.2) is 11.0 Å². The van der Waals surface area contributed by atoms with Gasteiger partial charge < -0.3 is 5.73 Å². The third-order valence-electron chi connectivity index (χ3n) is 3.44. The van der Waals surface area contributed by atoms with Gasteiger partial charge in [0.25, 0.3) is 0 Å². The van der Waals surface area contributed by atoms with Crippen LogP contribution in [0.3, 0.4) is 0 Å². The predicted octanol–water partition coefficient (Wildman–Crippen LogP) is 1.92. The number of nitrogens with two attached hydrogens (primary N) is 1. The summed E-state index contributed by atoms with van der Waals surface area (Å²) in [7, 11) is 0. The molecule has 0 saturated heterocycles. The lowest BCUT2D eigenvalue weighted by molar-refractivity contribution is 0.126. The molecule has 0 bridgehead atoms. The van der Waals surface area contributed by atoms with Crippen molar-refractivity contribution in [2.75, 3.05) is 0 Å². The molecule has 1 fully saturated rings. The normalized spacial score (nSPS) is 36.6. The van der Waals surface area contributed by atoms with Gasteiger partial charge in [-0.25, -0.2) is 4.39 Å². The molecule has 1 aromatic heterocycles. The Morgan fingerprint density at radius 1 is 1.29 bits per heavy atom. The molecule has 0 aliphatic heterocycles. The van der Waals surface area contributed by atoms with Crippen LogP contribution in [0, 0.1) is 17.7 Å². The molecule has 1 saturated carbocycles. The summed E-state index contributed by atoms with van der Waals surface area (Å²) in [5.41, 5.74) is 6.89. The number of aromatic nitrogens is 1. The van der Waals surface area contributed by atoms with Crippen molar-refractivity contribution in [1.82, 2.24) is 4.98 Å². The zero-order chi connectivity index (χ0) is 10.3. The Balaban J connectivity index is 2.20. The third-order valence-corrected chi connectivity index (χ3v) is 3.44. The standard InChI is InChI=1S/C11H15FN2/c1-6-10(7(2)11(6)13)9-4-3-8(12)5-14-9/h3-7,10-11H,13H2,1-2H3. The molecule has 2 rings (SSSR count). The summed E-state index contributed by atoms with van der Waals surface area (Å²) in [5, 5.41) is 0. The molecular weight excluding hydrogens is 179 g/mol. The maximum absolute atomic E-state index is 12.7. The summed E-state index contributed by atoms with van der Waals surface area (Å²) in [4.78, 5) is 4.11. The highest BCUT2D eigenvalue weighted by atomic mass is 19.1. The first-order chi connectivity index (χ1) is 6.61. The van der Waals surface area contributed by atoms with Crippen LogP contribution in [0.1, 0.15) is 25.5 Å². The van der Waals surface area contributed by atoms with Crippen LogP contribution < -0.4 is 5.73 Å². The first-order valence-corrected chi connectivity index (χ1v) is 4.98. The largest absolute Gasteiger partial charge is 0.327 e. The van der Waals surface area contributed by atoms with Gasteiger partial charge in [0.15, 0.2) is 0 Å². The Hall–Kier alpha value is -0.960. The van der Waals surface area contributed by atoms with E-state index in [4.69, 9.17) is 5.73 Å². The zero-order valence-corrected chi connectivity index (χ0v) is 8.44. The van der Waals surface area contributed by atoms with Crippen molar-refractivity contribution < 1.29 is 4.39 Å². The van der Waals surface area contributed by atoms with Gasteiger partial charge >= 0.3 is 0 Å². The van der Waals surface area contributed by atoms with E-state index >= 15 is 0 Å². The van der Waals surface area contributed by atoms with E-state index in [-0.39, 0.29) is 11.9 Å². The second-order valence-electron chi connectivity index (χ2n) is 4.22. The maximum atomic E-state index is 12.7. The van der Waals surface area contributed by atoms with Crippen molar-refractivity contribution in [1.29, 1.82) is 0 Å². The van der Waals surface area contributed by atoms with Gasteiger partial charge in [0.1, 0.15) is 5.82 Å². The van der Waals surface area contributed by atoms with Gasteiger partial charge in [0.05, 0.1) is 6.20 Å². The summed E-state index contributed by atoms with van der Waals surface area (Å²) < 4.78 is 12.7. The molecule has 2 N–H and O–H groups in total. The zero-order valence-electron chi connectivity index (χ0n) is 8.44. The van der Waals surface area contributed by atoms with E-state index in [0.29, 0.717) is 17.8 Å². The van der Waals surface area contributed by atoms with Crippen molar-refractivity contribution in [3.05, 3.63) is 29.8 Å². The Morgan fingerprint density at radius 3 is 2.43 bits per heavy atom. The van der Waals surface area contributed by atoms with Crippen LogP contribution in [0.2, 0.25) is 0 Å². The van der Waals surface area contributed by atoms with Gasteiger partial charge in [-0.2, -0.15) is 0 Å². The molecule has 1 heterocycles. The van der Waals surface area contributed by atoms with Gasteiger partial charge in [-0.15, -0.1) is 0 Å². The van der Waals surface area contributed by atoms with Crippen molar-refractivity contribution in [3.63, 3.8) is 0 Å². The molecule has 76 valence electrons. The van der Waals surface area contributed by atoms with E-state index in [1.54, 1.807) is 6.07 Å². The van der Waals surface area contributed by atoms with E-state index in [2.05, 4.69) is 18.8 Å². The molecule has 1 aliphatic rings. The smallest absolute Gasteiger partial charge is 0.141 e. The average Bonchev–Trinajstić information content (AvgIpc) is 2.21. The van der Waals surface area contributed by atoms with Gasteiger partial charge in [0, 0.05) is 17.7 Å². The molecule has 1 aromatic rings. The molecule has 14 heavy (non-hydrogen) atoms. The first-order valence-electron chi connectivity index (χ1n) is 4.98. The third kappa shape index (κ3) is 1.32. The fourth-order valence-electron chi connectivity index (χ4n) is 2.41. The van der Waals surface area contributed by atoms with Crippen molar-refractivity contribution in [2.45, 2.75) is 25.8 Å². The lowest BCUT2D eigenvalue weighted by atomic mass is 9.61. The van der Waals surface area contributed by atoms with Crippen molar-refractivity contribution in [3.8, 4) is 0 Å². The van der Waals surface area contributed by atoms with Crippen molar-refractivity contribution in [2.24, 2.45) is 17.6 Å². The van der Waals surface area contributed by atoms with Gasteiger partial charge in [-0.05, 0) is 24.0 Å². The number of halogens is 1. The van der Waals surface area contributed by atoms with Crippen molar-refractivity contribution >= 4 is 0 Å². The Kier molecular flexibility index (Phi) is 2.27. The van der Waals surface area contributed by atoms with Crippen LogP contribution in [0.15, 0.2) is 18.3 Å². The molecule has 2 nitrogen and oxygen atoms in total. The first kappa shape index (κ1) is 9.59. The van der Waals surface area contributed by atoms with Gasteiger partial charge in [-0.1, -0.05) is 13.8 Å². The number of pyridine rings is 1. The van der Waals surface area contributed by atoms with Crippen LogP contribution in [-0.2, 0) is 0 Å². The van der Waals surface area contributed by atoms with Crippen LogP contribution in [0.25, 0.3) is 0 Å². The monoisotopic (exact) mass is 194 g/mol. The molecule has 3 heteroatoms. The van der Waals surface area contributed by atoms with E-state index in [0.717, 1.165) is 5.69 Å². The maximum Gasteiger partial charge on any atom is 0.141 e. The molecule has 0 spiro atoms. The second kappa shape index (κ2) is 3.31. The number of hydrogen-bond donors (Lipinski definition) is 1.